The van der Waals surface area contributed by atoms with Crippen LogP contribution in [0.1, 0.15) is 74.5 Å². The van der Waals surface area contributed by atoms with Crippen LogP contribution in [0.2, 0.25) is 0 Å². The molecule has 0 fully saturated rings. The maximum Gasteiger partial charge on any atom is 0.0848 e. The molecule has 3 nitrogen and oxygen atoms in total. The number of hydrogen-bond acceptors (Lipinski definition) is 3. The number of pyridine rings is 1. The first-order valence-corrected chi connectivity index (χ1v) is 8.95. The molecule has 0 aliphatic carbocycles. The summed E-state index contributed by atoms with van der Waals surface area (Å²) in [5.74, 6) is 0.880. The predicted octanol–water partition coefficient (Wildman–Crippen LogP) is 5.38. The molecule has 0 bridgehead atoms. The monoisotopic (exact) mass is 335 g/mol. The van der Waals surface area contributed by atoms with E-state index in [2.05, 4.69) is 55.9 Å². The summed E-state index contributed by atoms with van der Waals surface area (Å²) in [6, 6.07) is 12.3. The molecule has 132 valence electrons. The highest BCUT2D eigenvalue weighted by molar-refractivity contribution is 6.01. The Balaban J connectivity index is 2.41. The van der Waals surface area contributed by atoms with Crippen LogP contribution in [0.25, 0.3) is 0 Å². The minimum Gasteiger partial charge on any atom is -0.303 e. The molecular formula is C22H29N3. The average Bonchev–Trinajstić information content (AvgIpc) is 2.60. The van der Waals surface area contributed by atoms with E-state index in [4.69, 9.17) is 5.41 Å². The zero-order chi connectivity index (χ0) is 18.6. The summed E-state index contributed by atoms with van der Waals surface area (Å²) >= 11 is 0. The van der Waals surface area contributed by atoms with Gasteiger partial charge in [-0.15, -0.1) is 0 Å². The van der Waals surface area contributed by atoms with E-state index in [1.54, 1.807) is 7.05 Å². The first-order chi connectivity index (χ1) is 11.8. The van der Waals surface area contributed by atoms with Gasteiger partial charge in [-0.05, 0) is 47.6 Å². The van der Waals surface area contributed by atoms with Crippen molar-refractivity contribution in [2.45, 2.75) is 52.9 Å². The average molecular weight is 335 g/mol. The highest BCUT2D eigenvalue weighted by Gasteiger charge is 2.16. The molecule has 2 rings (SSSR count). The topological polar surface area (TPSA) is 49.1 Å². The van der Waals surface area contributed by atoms with Crippen LogP contribution in [-0.4, -0.2) is 23.5 Å². The smallest absolute Gasteiger partial charge is 0.0848 e. The predicted molar refractivity (Wildman–Crippen MR) is 108 cm³/mol. The minimum absolute atomic E-state index is 0.440. The molecule has 1 heterocycles. The van der Waals surface area contributed by atoms with Gasteiger partial charge >= 0.3 is 0 Å². The highest BCUT2D eigenvalue weighted by atomic mass is 14.8. The standard InChI is InChI=1S/C22H29N3/c1-14(2)17-9-7-10-18(15(3)4)19(17)13-20(23)22-12-8-11-21(25-22)16(5)24-6/h7-12,14-15,23H,13H2,1-6H3. The van der Waals surface area contributed by atoms with Gasteiger partial charge in [0.15, 0.2) is 0 Å². The lowest BCUT2D eigenvalue weighted by Crippen LogP contribution is -2.13. The third kappa shape index (κ3) is 4.41. The van der Waals surface area contributed by atoms with E-state index < -0.39 is 0 Å². The van der Waals surface area contributed by atoms with Gasteiger partial charge in [-0.1, -0.05) is 52.0 Å². The third-order valence-corrected chi connectivity index (χ3v) is 4.61. The number of benzene rings is 1. The van der Waals surface area contributed by atoms with E-state index in [9.17, 15) is 0 Å². The Hall–Kier alpha value is -2.29. The van der Waals surface area contributed by atoms with Crippen molar-refractivity contribution >= 4 is 11.4 Å². The third-order valence-electron chi connectivity index (χ3n) is 4.61. The maximum absolute atomic E-state index is 8.63. The van der Waals surface area contributed by atoms with E-state index in [0.29, 0.717) is 24.0 Å². The van der Waals surface area contributed by atoms with Gasteiger partial charge in [0, 0.05) is 13.5 Å². The molecule has 0 radical (unpaired) electrons. The molecule has 1 N–H and O–H groups in total. The number of hydrogen-bond donors (Lipinski definition) is 1. The second-order valence-electron chi connectivity index (χ2n) is 7.10. The zero-order valence-electron chi connectivity index (χ0n) is 16.2. The molecule has 2 aromatic rings. The number of rotatable bonds is 6. The summed E-state index contributed by atoms with van der Waals surface area (Å²) in [7, 11) is 1.77. The van der Waals surface area contributed by atoms with Gasteiger partial charge in [-0.3, -0.25) is 4.99 Å². The van der Waals surface area contributed by atoms with Crippen molar-refractivity contribution < 1.29 is 0 Å². The molecule has 3 heteroatoms. The van der Waals surface area contributed by atoms with Gasteiger partial charge in [0.05, 0.1) is 22.8 Å². The van der Waals surface area contributed by atoms with Crippen molar-refractivity contribution in [2.24, 2.45) is 4.99 Å². The summed E-state index contributed by atoms with van der Waals surface area (Å²) in [5.41, 5.74) is 6.96. The summed E-state index contributed by atoms with van der Waals surface area (Å²) in [6.07, 6.45) is 0.612. The lowest BCUT2D eigenvalue weighted by atomic mass is 9.86. The fourth-order valence-corrected chi connectivity index (χ4v) is 3.10. The lowest BCUT2D eigenvalue weighted by molar-refractivity contribution is 0.811. The van der Waals surface area contributed by atoms with Crippen LogP contribution >= 0.6 is 0 Å². The molecule has 0 saturated heterocycles. The first-order valence-electron chi connectivity index (χ1n) is 8.95. The van der Waals surface area contributed by atoms with Gasteiger partial charge in [-0.25, -0.2) is 4.98 Å². The van der Waals surface area contributed by atoms with E-state index in [1.807, 2.05) is 25.1 Å². The van der Waals surface area contributed by atoms with Crippen LogP contribution in [0.3, 0.4) is 0 Å². The van der Waals surface area contributed by atoms with Crippen LogP contribution in [0.4, 0.5) is 0 Å². The Morgan fingerprint density at radius 1 is 0.960 bits per heavy atom. The first kappa shape index (κ1) is 19.0. The number of nitrogens with zero attached hydrogens (tertiary/aromatic N) is 2. The van der Waals surface area contributed by atoms with Crippen LogP contribution in [-0.2, 0) is 6.42 Å². The van der Waals surface area contributed by atoms with E-state index in [0.717, 1.165) is 17.1 Å². The Bertz CT molecular complexity index is 759. The second kappa shape index (κ2) is 8.19. The quantitative estimate of drug-likeness (QED) is 0.708. The molecule has 0 aliphatic rings. The Labute approximate surface area is 151 Å². The molecule has 0 atom stereocenters. The Morgan fingerprint density at radius 2 is 1.48 bits per heavy atom. The zero-order valence-corrected chi connectivity index (χ0v) is 16.2. The molecule has 0 unspecified atom stereocenters. The molecule has 0 aliphatic heterocycles. The van der Waals surface area contributed by atoms with Crippen molar-refractivity contribution in [3.8, 4) is 0 Å². The van der Waals surface area contributed by atoms with Crippen molar-refractivity contribution in [2.75, 3.05) is 7.05 Å². The minimum atomic E-state index is 0.440. The van der Waals surface area contributed by atoms with Gasteiger partial charge in [-0.2, -0.15) is 0 Å². The normalized spacial score (nSPS) is 12.1. The number of nitrogens with one attached hydrogen (secondary N) is 1. The molecule has 1 aromatic carbocycles. The van der Waals surface area contributed by atoms with Gasteiger partial charge < -0.3 is 5.41 Å². The molecular weight excluding hydrogens is 306 g/mol. The maximum atomic E-state index is 8.63. The highest BCUT2D eigenvalue weighted by Crippen LogP contribution is 2.28. The van der Waals surface area contributed by atoms with Crippen molar-refractivity contribution in [3.63, 3.8) is 0 Å². The largest absolute Gasteiger partial charge is 0.303 e. The van der Waals surface area contributed by atoms with E-state index in [-0.39, 0.29) is 0 Å². The Morgan fingerprint density at radius 3 is 2.00 bits per heavy atom. The fraction of sp³-hybridized carbons (Fsp3) is 0.409. The van der Waals surface area contributed by atoms with Crippen molar-refractivity contribution in [1.82, 2.24) is 4.98 Å². The molecule has 25 heavy (non-hydrogen) atoms. The van der Waals surface area contributed by atoms with Crippen LogP contribution in [0, 0.1) is 5.41 Å². The van der Waals surface area contributed by atoms with Crippen LogP contribution < -0.4 is 0 Å². The van der Waals surface area contributed by atoms with E-state index >= 15 is 0 Å². The fourth-order valence-electron chi connectivity index (χ4n) is 3.10. The SMILES string of the molecule is CN=C(C)c1cccc(C(=N)Cc2c(C(C)C)cccc2C(C)C)n1. The van der Waals surface area contributed by atoms with Crippen LogP contribution in [0.15, 0.2) is 41.4 Å². The number of aliphatic imine (C=N–C) groups is 1. The van der Waals surface area contributed by atoms with Crippen molar-refractivity contribution in [1.29, 1.82) is 5.41 Å². The molecule has 0 amide bonds. The van der Waals surface area contributed by atoms with E-state index in [1.165, 1.54) is 16.7 Å². The Kier molecular flexibility index (Phi) is 6.24. The summed E-state index contributed by atoms with van der Waals surface area (Å²) in [6.45, 7) is 10.8. The van der Waals surface area contributed by atoms with Gasteiger partial charge in [0.2, 0.25) is 0 Å². The van der Waals surface area contributed by atoms with Gasteiger partial charge in [0.25, 0.3) is 0 Å². The number of aromatic nitrogens is 1. The summed E-state index contributed by atoms with van der Waals surface area (Å²) in [4.78, 5) is 8.83. The molecule has 0 spiro atoms. The van der Waals surface area contributed by atoms with Gasteiger partial charge in [0.1, 0.15) is 0 Å². The van der Waals surface area contributed by atoms with Crippen LogP contribution in [0.5, 0.6) is 0 Å². The lowest BCUT2D eigenvalue weighted by Gasteiger charge is -2.20. The van der Waals surface area contributed by atoms with Crippen molar-refractivity contribution in [3.05, 3.63) is 64.5 Å². The molecule has 0 saturated carbocycles. The second-order valence-corrected chi connectivity index (χ2v) is 7.10. The summed E-state index contributed by atoms with van der Waals surface area (Å²) in [5, 5.41) is 8.63. The summed E-state index contributed by atoms with van der Waals surface area (Å²) < 4.78 is 0. The molecule has 1 aromatic heterocycles.